The third kappa shape index (κ3) is 2.56. The molecule has 0 radical (unpaired) electrons. The summed E-state index contributed by atoms with van der Waals surface area (Å²) < 4.78 is 6.41. The van der Waals surface area contributed by atoms with Crippen molar-refractivity contribution in [2.45, 2.75) is 37.5 Å². The average Bonchev–Trinajstić information content (AvgIpc) is 2.36. The van der Waals surface area contributed by atoms with Gasteiger partial charge in [-0.1, -0.05) is 40.5 Å². The molecule has 2 saturated carbocycles. The fraction of sp³-hybridized carbons (Fsp3) is 0.647. The number of ether oxygens (including phenoxy) is 1. The number of nitrogens with one attached hydrogen (secondary N) is 1. The van der Waals surface area contributed by atoms with Gasteiger partial charge in [0.15, 0.2) is 0 Å². The molecule has 2 fully saturated rings. The lowest BCUT2D eigenvalue weighted by Gasteiger charge is -2.62. The van der Waals surface area contributed by atoms with E-state index in [-0.39, 0.29) is 0 Å². The first-order valence-corrected chi connectivity index (χ1v) is 8.44. The highest BCUT2D eigenvalue weighted by atomic mass is 79.9. The van der Waals surface area contributed by atoms with Gasteiger partial charge in [0.25, 0.3) is 0 Å². The number of halogens is 1. The normalized spacial score (nSPS) is 22.3. The first-order valence-electron chi connectivity index (χ1n) is 7.65. The minimum atomic E-state index is 0.328. The minimum absolute atomic E-state index is 0.328. The van der Waals surface area contributed by atoms with Crippen molar-refractivity contribution < 1.29 is 4.74 Å². The van der Waals surface area contributed by atoms with Crippen molar-refractivity contribution in [2.75, 3.05) is 26.8 Å². The molecule has 3 heteroatoms. The van der Waals surface area contributed by atoms with Crippen LogP contribution >= 0.6 is 15.9 Å². The molecule has 2 nitrogen and oxygen atoms in total. The zero-order chi connectivity index (χ0) is 14.1. The summed E-state index contributed by atoms with van der Waals surface area (Å²) in [6.45, 7) is 2.80. The van der Waals surface area contributed by atoms with Gasteiger partial charge in [-0.05, 0) is 42.7 Å². The molecule has 1 aromatic carbocycles. The van der Waals surface area contributed by atoms with E-state index in [1.807, 2.05) is 0 Å². The molecular formula is C17H24BrNO. The van der Waals surface area contributed by atoms with E-state index in [1.54, 1.807) is 7.11 Å². The van der Waals surface area contributed by atoms with E-state index in [0.717, 1.165) is 19.7 Å². The van der Waals surface area contributed by atoms with Crippen LogP contribution < -0.4 is 5.32 Å². The van der Waals surface area contributed by atoms with Crippen LogP contribution in [0.3, 0.4) is 0 Å². The summed E-state index contributed by atoms with van der Waals surface area (Å²) in [6, 6.07) is 8.76. The zero-order valence-corrected chi connectivity index (χ0v) is 13.8. The second kappa shape index (κ2) is 5.78. The van der Waals surface area contributed by atoms with Crippen LogP contribution in [0.4, 0.5) is 0 Å². The molecule has 0 aliphatic heterocycles. The molecule has 20 heavy (non-hydrogen) atoms. The Morgan fingerprint density at radius 3 is 2.60 bits per heavy atom. The molecule has 1 aromatic rings. The van der Waals surface area contributed by atoms with Gasteiger partial charge < -0.3 is 10.1 Å². The lowest BCUT2D eigenvalue weighted by Crippen LogP contribution is -2.57. The molecule has 0 saturated heterocycles. The Bertz CT molecular complexity index is 462. The van der Waals surface area contributed by atoms with Crippen LogP contribution in [0.5, 0.6) is 0 Å². The smallest absolute Gasteiger partial charge is 0.0587 e. The van der Waals surface area contributed by atoms with Crippen LogP contribution in [-0.2, 0) is 10.2 Å². The van der Waals surface area contributed by atoms with Crippen LogP contribution in [0.25, 0.3) is 0 Å². The van der Waals surface area contributed by atoms with Crippen LogP contribution in [0.1, 0.15) is 37.7 Å². The van der Waals surface area contributed by atoms with Crippen LogP contribution in [0.15, 0.2) is 28.7 Å². The summed E-state index contributed by atoms with van der Waals surface area (Å²) in [4.78, 5) is 0. The summed E-state index contributed by atoms with van der Waals surface area (Å²) >= 11 is 3.75. The van der Waals surface area contributed by atoms with Crippen molar-refractivity contribution in [1.29, 1.82) is 0 Å². The van der Waals surface area contributed by atoms with Gasteiger partial charge in [-0.3, -0.25) is 0 Å². The number of methoxy groups -OCH3 is 1. The van der Waals surface area contributed by atoms with E-state index in [4.69, 9.17) is 4.74 Å². The monoisotopic (exact) mass is 337 g/mol. The summed E-state index contributed by atoms with van der Waals surface area (Å²) in [5.74, 6) is 0. The Morgan fingerprint density at radius 1 is 1.25 bits per heavy atom. The second-order valence-corrected chi connectivity index (χ2v) is 7.49. The standard InChI is InChI=1S/C17H24BrNO/c1-20-10-9-19-13-17(11-16(12-17)7-4-8-16)14-5-2-3-6-15(14)18/h2-3,5-6,19H,4,7-13H2,1H3. The van der Waals surface area contributed by atoms with Crippen LogP contribution in [-0.4, -0.2) is 26.8 Å². The fourth-order valence-electron chi connectivity index (χ4n) is 4.22. The number of hydrogen-bond donors (Lipinski definition) is 1. The predicted molar refractivity (Wildman–Crippen MR) is 86.1 cm³/mol. The van der Waals surface area contributed by atoms with Crippen molar-refractivity contribution in [3.8, 4) is 0 Å². The van der Waals surface area contributed by atoms with Crippen molar-refractivity contribution in [1.82, 2.24) is 5.32 Å². The van der Waals surface area contributed by atoms with Gasteiger partial charge in [0.2, 0.25) is 0 Å². The van der Waals surface area contributed by atoms with Crippen molar-refractivity contribution in [2.24, 2.45) is 5.41 Å². The number of rotatable bonds is 6. The summed E-state index contributed by atoms with van der Waals surface area (Å²) in [5.41, 5.74) is 2.49. The molecular weight excluding hydrogens is 314 g/mol. The van der Waals surface area contributed by atoms with Crippen molar-refractivity contribution in [3.63, 3.8) is 0 Å². The van der Waals surface area contributed by atoms with E-state index in [0.29, 0.717) is 10.8 Å². The molecule has 0 bridgehead atoms. The molecule has 3 rings (SSSR count). The van der Waals surface area contributed by atoms with E-state index >= 15 is 0 Å². The maximum absolute atomic E-state index is 5.14. The highest BCUT2D eigenvalue weighted by Gasteiger charge is 2.57. The van der Waals surface area contributed by atoms with Gasteiger partial charge >= 0.3 is 0 Å². The zero-order valence-electron chi connectivity index (χ0n) is 12.3. The van der Waals surface area contributed by atoms with Gasteiger partial charge in [-0.25, -0.2) is 0 Å². The lowest BCUT2D eigenvalue weighted by atomic mass is 9.43. The van der Waals surface area contributed by atoms with Gasteiger partial charge in [0.05, 0.1) is 6.61 Å². The number of benzene rings is 1. The largest absolute Gasteiger partial charge is 0.383 e. The summed E-state index contributed by atoms with van der Waals surface area (Å²) in [5, 5.41) is 3.59. The molecule has 1 spiro atoms. The van der Waals surface area contributed by atoms with Gasteiger partial charge in [-0.2, -0.15) is 0 Å². The Morgan fingerprint density at radius 2 is 2.00 bits per heavy atom. The Labute approximate surface area is 130 Å². The molecule has 0 heterocycles. The third-order valence-electron chi connectivity index (χ3n) is 5.23. The quantitative estimate of drug-likeness (QED) is 0.795. The van der Waals surface area contributed by atoms with Gasteiger partial charge in [-0.15, -0.1) is 0 Å². The van der Waals surface area contributed by atoms with Gasteiger partial charge in [0, 0.05) is 30.1 Å². The maximum atomic E-state index is 5.14. The molecule has 2 aliphatic carbocycles. The third-order valence-corrected chi connectivity index (χ3v) is 5.92. The Balaban J connectivity index is 1.73. The Hall–Kier alpha value is -0.380. The SMILES string of the molecule is COCCNCC1(c2ccccc2Br)CC2(CCC2)C1. The average molecular weight is 338 g/mol. The summed E-state index contributed by atoms with van der Waals surface area (Å²) in [7, 11) is 1.76. The van der Waals surface area contributed by atoms with E-state index in [2.05, 4.69) is 45.5 Å². The number of hydrogen-bond acceptors (Lipinski definition) is 2. The first kappa shape index (κ1) is 14.6. The minimum Gasteiger partial charge on any atom is -0.383 e. The van der Waals surface area contributed by atoms with E-state index in [1.165, 1.54) is 42.1 Å². The summed E-state index contributed by atoms with van der Waals surface area (Å²) in [6.07, 6.45) is 7.02. The van der Waals surface area contributed by atoms with Crippen LogP contribution in [0.2, 0.25) is 0 Å². The van der Waals surface area contributed by atoms with Crippen molar-refractivity contribution in [3.05, 3.63) is 34.3 Å². The molecule has 0 amide bonds. The highest BCUT2D eigenvalue weighted by Crippen LogP contribution is 2.65. The topological polar surface area (TPSA) is 21.3 Å². The van der Waals surface area contributed by atoms with Gasteiger partial charge in [0.1, 0.15) is 0 Å². The first-order chi connectivity index (χ1) is 9.70. The Kier molecular flexibility index (Phi) is 4.21. The maximum Gasteiger partial charge on any atom is 0.0587 e. The van der Waals surface area contributed by atoms with Crippen LogP contribution in [0, 0.1) is 5.41 Å². The fourth-order valence-corrected chi connectivity index (χ4v) is 4.92. The highest BCUT2D eigenvalue weighted by molar-refractivity contribution is 9.10. The molecule has 110 valence electrons. The van der Waals surface area contributed by atoms with E-state index in [9.17, 15) is 0 Å². The predicted octanol–water partition coefficient (Wildman–Crippen LogP) is 3.89. The second-order valence-electron chi connectivity index (χ2n) is 6.64. The lowest BCUT2D eigenvalue weighted by molar-refractivity contribution is -0.0488. The molecule has 2 aliphatic rings. The molecule has 0 unspecified atom stereocenters. The van der Waals surface area contributed by atoms with Crippen molar-refractivity contribution >= 4 is 15.9 Å². The molecule has 0 aromatic heterocycles. The molecule has 1 N–H and O–H groups in total. The molecule has 0 atom stereocenters. The van der Waals surface area contributed by atoms with E-state index < -0.39 is 0 Å².